The lowest BCUT2D eigenvalue weighted by Crippen LogP contribution is -2.30. The highest BCUT2D eigenvalue weighted by molar-refractivity contribution is 7.99. The van der Waals surface area contributed by atoms with Crippen molar-refractivity contribution in [2.24, 2.45) is 0 Å². The molecule has 6 nitrogen and oxygen atoms in total. The molecule has 1 aromatic rings. The first-order chi connectivity index (χ1) is 9.72. The number of methoxy groups -OCH3 is 1. The summed E-state index contributed by atoms with van der Waals surface area (Å²) in [6, 6.07) is 2.31. The number of halogens is 1. The van der Waals surface area contributed by atoms with Gasteiger partial charge in [0.1, 0.15) is 10.5 Å². The first-order valence-electron chi connectivity index (χ1n) is 5.86. The molecular formula is C12H16ClNO5S2. The molecule has 0 radical (unpaired) electrons. The van der Waals surface area contributed by atoms with Gasteiger partial charge < -0.3 is 9.84 Å². The summed E-state index contributed by atoms with van der Waals surface area (Å²) in [6.07, 6.45) is 1.86. The van der Waals surface area contributed by atoms with E-state index in [-0.39, 0.29) is 33.0 Å². The number of aromatic carboxylic acids is 1. The van der Waals surface area contributed by atoms with Crippen LogP contribution >= 0.6 is 23.4 Å². The third-order valence-corrected chi connectivity index (χ3v) is 5.33. The van der Waals surface area contributed by atoms with Gasteiger partial charge >= 0.3 is 5.97 Å². The fraction of sp³-hybridized carbons (Fsp3) is 0.417. The zero-order chi connectivity index (χ0) is 16.2. The van der Waals surface area contributed by atoms with Crippen molar-refractivity contribution in [1.29, 1.82) is 0 Å². The Morgan fingerprint density at radius 3 is 2.62 bits per heavy atom. The van der Waals surface area contributed by atoms with Gasteiger partial charge in [-0.3, -0.25) is 0 Å². The summed E-state index contributed by atoms with van der Waals surface area (Å²) >= 11 is 7.31. The molecule has 9 heteroatoms. The van der Waals surface area contributed by atoms with Gasteiger partial charge in [0, 0.05) is 16.8 Å². The highest BCUT2D eigenvalue weighted by Gasteiger charge is 2.25. The summed E-state index contributed by atoms with van der Waals surface area (Å²) in [4.78, 5) is 10.9. The molecule has 2 N–H and O–H groups in total. The third-order valence-electron chi connectivity index (χ3n) is 2.71. The molecule has 0 saturated carbocycles. The van der Waals surface area contributed by atoms with E-state index in [4.69, 9.17) is 21.4 Å². The lowest BCUT2D eigenvalue weighted by Gasteiger charge is -2.15. The van der Waals surface area contributed by atoms with E-state index in [2.05, 4.69) is 4.72 Å². The number of hydrogen-bond donors (Lipinski definition) is 2. The van der Waals surface area contributed by atoms with Crippen LogP contribution in [-0.4, -0.2) is 44.7 Å². The number of hydrogen-bond acceptors (Lipinski definition) is 5. The average molecular weight is 354 g/mol. The molecule has 1 rings (SSSR count). The van der Waals surface area contributed by atoms with Crippen LogP contribution in [0.2, 0.25) is 5.02 Å². The number of rotatable bonds is 7. The van der Waals surface area contributed by atoms with Gasteiger partial charge in [-0.05, 0) is 18.4 Å². The van der Waals surface area contributed by atoms with Crippen molar-refractivity contribution in [2.75, 3.05) is 19.9 Å². The Hall–Kier alpha value is -0.960. The molecule has 0 spiro atoms. The smallest absolute Gasteiger partial charge is 0.339 e. The first kappa shape index (κ1) is 18.1. The maximum absolute atomic E-state index is 12.3. The van der Waals surface area contributed by atoms with Crippen LogP contribution in [0.15, 0.2) is 17.0 Å². The van der Waals surface area contributed by atoms with E-state index in [1.54, 1.807) is 0 Å². The molecule has 1 atom stereocenters. The van der Waals surface area contributed by atoms with Gasteiger partial charge in [-0.1, -0.05) is 18.5 Å². The van der Waals surface area contributed by atoms with Crippen molar-refractivity contribution in [2.45, 2.75) is 17.1 Å². The van der Waals surface area contributed by atoms with Crippen LogP contribution in [-0.2, 0) is 10.0 Å². The molecule has 0 saturated heterocycles. The fourth-order valence-electron chi connectivity index (χ4n) is 1.53. The molecule has 0 fully saturated rings. The molecule has 118 valence electrons. The van der Waals surface area contributed by atoms with Gasteiger partial charge in [-0.2, -0.15) is 11.8 Å². The Bertz CT molecular complexity index is 633. The van der Waals surface area contributed by atoms with E-state index in [1.165, 1.54) is 24.9 Å². The molecule has 0 heterocycles. The second-order valence-electron chi connectivity index (χ2n) is 4.19. The number of carbonyl (C=O) groups is 1. The second-order valence-corrected chi connectivity index (χ2v) is 7.64. The van der Waals surface area contributed by atoms with E-state index in [9.17, 15) is 13.2 Å². The molecule has 0 bridgehead atoms. The van der Waals surface area contributed by atoms with E-state index in [0.29, 0.717) is 0 Å². The monoisotopic (exact) mass is 353 g/mol. The number of ether oxygens (including phenoxy) is 1. The standard InChI is InChI=1S/C12H16ClNO5S2/c1-7(20-3)6-14-21(17,18)10-5-8(13)4-9(12(15)16)11(10)19-2/h4-5,7,14H,6H2,1-3H3,(H,15,16). The second kappa shape index (κ2) is 7.35. The Morgan fingerprint density at radius 1 is 1.52 bits per heavy atom. The zero-order valence-electron chi connectivity index (χ0n) is 11.7. The van der Waals surface area contributed by atoms with Crippen molar-refractivity contribution in [1.82, 2.24) is 4.72 Å². The Balaban J connectivity index is 3.31. The van der Waals surface area contributed by atoms with Gasteiger partial charge in [0.2, 0.25) is 10.0 Å². The summed E-state index contributed by atoms with van der Waals surface area (Å²) in [5.41, 5.74) is -0.303. The van der Waals surface area contributed by atoms with Crippen LogP contribution < -0.4 is 9.46 Å². The minimum absolute atomic E-state index is 0.00601. The van der Waals surface area contributed by atoms with Gasteiger partial charge in [0.25, 0.3) is 0 Å². The van der Waals surface area contributed by atoms with Crippen molar-refractivity contribution < 1.29 is 23.1 Å². The highest BCUT2D eigenvalue weighted by atomic mass is 35.5. The summed E-state index contributed by atoms with van der Waals surface area (Å²) in [6.45, 7) is 2.08. The van der Waals surface area contributed by atoms with Crippen LogP contribution in [0, 0.1) is 0 Å². The summed E-state index contributed by atoms with van der Waals surface area (Å²) < 4.78 is 32.0. The van der Waals surface area contributed by atoms with Crippen molar-refractivity contribution in [3.63, 3.8) is 0 Å². The van der Waals surface area contributed by atoms with Gasteiger partial charge in [-0.15, -0.1) is 0 Å². The van der Waals surface area contributed by atoms with E-state index in [0.717, 1.165) is 6.07 Å². The lowest BCUT2D eigenvalue weighted by molar-refractivity contribution is 0.0693. The number of nitrogens with one attached hydrogen (secondary N) is 1. The minimum Gasteiger partial charge on any atom is -0.494 e. The van der Waals surface area contributed by atoms with E-state index < -0.39 is 16.0 Å². The van der Waals surface area contributed by atoms with Crippen LogP contribution in [0.1, 0.15) is 17.3 Å². The molecule has 0 aromatic heterocycles. The van der Waals surface area contributed by atoms with Crippen molar-refractivity contribution in [3.8, 4) is 5.75 Å². The third kappa shape index (κ3) is 4.50. The van der Waals surface area contributed by atoms with Crippen LogP contribution in [0.4, 0.5) is 0 Å². The Kier molecular flexibility index (Phi) is 6.33. The molecule has 0 amide bonds. The summed E-state index contributed by atoms with van der Waals surface area (Å²) in [5, 5.41) is 9.19. The predicted octanol–water partition coefficient (Wildman–Crippen LogP) is 2.08. The number of benzene rings is 1. The van der Waals surface area contributed by atoms with Crippen LogP contribution in [0.25, 0.3) is 0 Å². The Labute approximate surface area is 132 Å². The normalized spacial score (nSPS) is 13.0. The maximum atomic E-state index is 12.3. The fourth-order valence-corrected chi connectivity index (χ4v) is 3.51. The highest BCUT2D eigenvalue weighted by Crippen LogP contribution is 2.31. The molecular weight excluding hydrogens is 338 g/mol. The SMILES string of the molecule is COc1c(C(=O)O)cc(Cl)cc1S(=O)(=O)NCC(C)SC. The molecule has 1 aromatic carbocycles. The number of carboxylic acids is 1. The quantitative estimate of drug-likeness (QED) is 0.779. The van der Waals surface area contributed by atoms with Crippen LogP contribution in [0.3, 0.4) is 0 Å². The largest absolute Gasteiger partial charge is 0.494 e. The van der Waals surface area contributed by atoms with Crippen molar-refractivity contribution >= 4 is 39.4 Å². The first-order valence-corrected chi connectivity index (χ1v) is 9.01. The average Bonchev–Trinajstić information content (AvgIpc) is 2.43. The summed E-state index contributed by atoms with van der Waals surface area (Å²) in [7, 11) is -2.72. The van der Waals surface area contributed by atoms with Gasteiger partial charge in [0.05, 0.1) is 7.11 Å². The molecule has 21 heavy (non-hydrogen) atoms. The van der Waals surface area contributed by atoms with E-state index in [1.807, 2.05) is 13.2 Å². The topological polar surface area (TPSA) is 92.7 Å². The number of carboxylic acid groups (broad SMARTS) is 1. The Morgan fingerprint density at radius 2 is 2.14 bits per heavy atom. The number of thioether (sulfide) groups is 1. The summed E-state index contributed by atoms with van der Waals surface area (Å²) in [5.74, 6) is -1.56. The van der Waals surface area contributed by atoms with Gasteiger partial charge in [-0.25, -0.2) is 17.9 Å². The van der Waals surface area contributed by atoms with Gasteiger partial charge in [0.15, 0.2) is 5.75 Å². The molecule has 0 aliphatic heterocycles. The maximum Gasteiger partial charge on any atom is 0.339 e. The minimum atomic E-state index is -3.92. The zero-order valence-corrected chi connectivity index (χ0v) is 14.1. The van der Waals surface area contributed by atoms with Crippen LogP contribution in [0.5, 0.6) is 5.75 Å². The predicted molar refractivity (Wildman–Crippen MR) is 83.1 cm³/mol. The molecule has 1 unspecified atom stereocenters. The molecule has 0 aliphatic carbocycles. The lowest BCUT2D eigenvalue weighted by atomic mass is 10.2. The van der Waals surface area contributed by atoms with E-state index >= 15 is 0 Å². The van der Waals surface area contributed by atoms with Crippen molar-refractivity contribution in [3.05, 3.63) is 22.7 Å². The number of sulfonamides is 1. The molecule has 0 aliphatic rings.